The third-order valence-electron chi connectivity index (χ3n) is 2.64. The molecule has 6 heteroatoms. The first-order chi connectivity index (χ1) is 9.13. The number of hydrogen-bond acceptors (Lipinski definition) is 4. The van der Waals surface area contributed by atoms with Gasteiger partial charge in [-0.15, -0.1) is 0 Å². The lowest BCUT2D eigenvalue weighted by Crippen LogP contribution is -2.28. The van der Waals surface area contributed by atoms with E-state index >= 15 is 0 Å². The van der Waals surface area contributed by atoms with Gasteiger partial charge in [-0.1, -0.05) is 6.42 Å². The highest BCUT2D eigenvalue weighted by atomic mass is 16.5. The number of nitrogens with zero attached hydrogens (tertiary/aromatic N) is 1. The normalized spacial score (nSPS) is 9.95. The summed E-state index contributed by atoms with van der Waals surface area (Å²) in [6.07, 6.45) is 5.38. The quantitative estimate of drug-likeness (QED) is 0.342. The predicted molar refractivity (Wildman–Crippen MR) is 68.2 cm³/mol. The van der Waals surface area contributed by atoms with Gasteiger partial charge in [-0.05, 0) is 12.8 Å². The summed E-state index contributed by atoms with van der Waals surface area (Å²) >= 11 is 0. The third kappa shape index (κ3) is 5.85. The van der Waals surface area contributed by atoms with Crippen LogP contribution in [0, 0.1) is 5.21 Å². The summed E-state index contributed by atoms with van der Waals surface area (Å²) in [4.78, 5) is 22.5. The van der Waals surface area contributed by atoms with Gasteiger partial charge in [0.05, 0.1) is 12.7 Å². The van der Waals surface area contributed by atoms with E-state index in [-0.39, 0.29) is 11.9 Å². The topological polar surface area (TPSA) is 82.3 Å². The minimum Gasteiger partial charge on any atom is -0.619 e. The second kappa shape index (κ2) is 8.07. The van der Waals surface area contributed by atoms with E-state index in [1.165, 1.54) is 31.6 Å². The van der Waals surface area contributed by atoms with E-state index in [0.717, 1.165) is 19.3 Å². The van der Waals surface area contributed by atoms with Crippen molar-refractivity contribution in [3.8, 4) is 0 Å². The average molecular weight is 266 g/mol. The van der Waals surface area contributed by atoms with Crippen molar-refractivity contribution in [3.63, 3.8) is 0 Å². The van der Waals surface area contributed by atoms with Crippen molar-refractivity contribution in [3.05, 3.63) is 35.3 Å². The number of methoxy groups -OCH3 is 1. The van der Waals surface area contributed by atoms with E-state index in [0.29, 0.717) is 23.3 Å². The van der Waals surface area contributed by atoms with Gasteiger partial charge in [0.25, 0.3) is 5.91 Å². The molecule has 1 aromatic heterocycles. The molecule has 0 aliphatic rings. The van der Waals surface area contributed by atoms with Crippen molar-refractivity contribution < 1.29 is 19.1 Å². The molecular formula is C13H18N2O4. The Labute approximate surface area is 112 Å². The molecule has 0 bridgehead atoms. The Balaban J connectivity index is 2.14. The third-order valence-corrected chi connectivity index (χ3v) is 2.64. The minimum absolute atomic E-state index is 0.200. The molecule has 0 aromatic carbocycles. The van der Waals surface area contributed by atoms with Gasteiger partial charge in [-0.2, -0.15) is 4.73 Å². The second-order valence-electron chi connectivity index (χ2n) is 4.09. The number of nitrogens with one attached hydrogen (secondary N) is 1. The standard InChI is InChI=1S/C13H18N2O4/c1-19-12(16)5-3-2-4-8-14-13(17)11-6-9-15(18)10-7-11/h6-7,9-10H,2-5,8H2,1H3,(H,14,17). The molecule has 1 aromatic rings. The summed E-state index contributed by atoms with van der Waals surface area (Å²) in [5.41, 5.74) is 0.460. The van der Waals surface area contributed by atoms with Crippen molar-refractivity contribution in [2.24, 2.45) is 0 Å². The summed E-state index contributed by atoms with van der Waals surface area (Å²) in [5, 5.41) is 13.6. The first-order valence-corrected chi connectivity index (χ1v) is 6.17. The van der Waals surface area contributed by atoms with Crippen LogP contribution in [0.3, 0.4) is 0 Å². The Bertz CT molecular complexity index is 417. The molecule has 0 spiro atoms. The lowest BCUT2D eigenvalue weighted by Gasteiger charge is -2.05. The van der Waals surface area contributed by atoms with Crippen LogP contribution >= 0.6 is 0 Å². The maximum atomic E-state index is 11.6. The van der Waals surface area contributed by atoms with Crippen molar-refractivity contribution in [2.75, 3.05) is 13.7 Å². The highest BCUT2D eigenvalue weighted by molar-refractivity contribution is 5.93. The molecule has 0 saturated carbocycles. The molecule has 0 radical (unpaired) electrons. The summed E-state index contributed by atoms with van der Waals surface area (Å²) in [7, 11) is 1.37. The van der Waals surface area contributed by atoms with Crippen LogP contribution < -0.4 is 10.0 Å². The molecular weight excluding hydrogens is 248 g/mol. The molecule has 1 heterocycles. The number of amides is 1. The SMILES string of the molecule is COC(=O)CCCCCNC(=O)c1cc[n+]([O-])cc1. The van der Waals surface area contributed by atoms with Crippen LogP contribution in [-0.4, -0.2) is 25.5 Å². The molecule has 0 fully saturated rings. The first kappa shape index (κ1) is 14.9. The van der Waals surface area contributed by atoms with Crippen LogP contribution in [-0.2, 0) is 9.53 Å². The predicted octanol–water partition coefficient (Wildman–Crippen LogP) is 0.783. The number of ether oxygens (including phenoxy) is 1. The van der Waals surface area contributed by atoms with Crippen molar-refractivity contribution in [1.29, 1.82) is 0 Å². The fourth-order valence-electron chi connectivity index (χ4n) is 1.54. The number of unbranched alkanes of at least 4 members (excludes halogenated alkanes) is 2. The summed E-state index contributed by atoms with van der Waals surface area (Å²) < 4.78 is 5.15. The second-order valence-corrected chi connectivity index (χ2v) is 4.09. The molecule has 0 saturated heterocycles. The minimum atomic E-state index is -0.209. The number of pyridine rings is 1. The summed E-state index contributed by atoms with van der Waals surface area (Å²) in [6.45, 7) is 0.548. The molecule has 1 amide bonds. The van der Waals surface area contributed by atoms with Crippen molar-refractivity contribution >= 4 is 11.9 Å². The van der Waals surface area contributed by atoms with Crippen LogP contribution in [0.5, 0.6) is 0 Å². The number of carbonyl (C=O) groups is 2. The lowest BCUT2D eigenvalue weighted by molar-refractivity contribution is -0.605. The molecule has 1 N–H and O–H groups in total. The smallest absolute Gasteiger partial charge is 0.305 e. The van der Waals surface area contributed by atoms with Crippen LogP contribution in [0.1, 0.15) is 36.0 Å². The van der Waals surface area contributed by atoms with Crippen LogP contribution in [0.2, 0.25) is 0 Å². The van der Waals surface area contributed by atoms with E-state index in [1.54, 1.807) is 0 Å². The Hall–Kier alpha value is -2.11. The number of aromatic nitrogens is 1. The Morgan fingerprint density at radius 1 is 1.26 bits per heavy atom. The number of esters is 1. The zero-order valence-corrected chi connectivity index (χ0v) is 10.9. The van der Waals surface area contributed by atoms with Gasteiger partial charge in [0, 0.05) is 25.1 Å². The van der Waals surface area contributed by atoms with E-state index in [4.69, 9.17) is 0 Å². The average Bonchev–Trinajstić information content (AvgIpc) is 2.42. The molecule has 0 aliphatic carbocycles. The maximum absolute atomic E-state index is 11.6. The molecule has 19 heavy (non-hydrogen) atoms. The molecule has 0 aliphatic heterocycles. The van der Waals surface area contributed by atoms with Crippen molar-refractivity contribution in [2.45, 2.75) is 25.7 Å². The van der Waals surface area contributed by atoms with E-state index in [2.05, 4.69) is 10.1 Å². The van der Waals surface area contributed by atoms with Gasteiger partial charge in [-0.3, -0.25) is 9.59 Å². The summed E-state index contributed by atoms with van der Waals surface area (Å²) in [5.74, 6) is -0.409. The zero-order chi connectivity index (χ0) is 14.1. The highest BCUT2D eigenvalue weighted by Crippen LogP contribution is 2.01. The number of hydrogen-bond donors (Lipinski definition) is 1. The van der Waals surface area contributed by atoms with E-state index in [9.17, 15) is 14.8 Å². The first-order valence-electron chi connectivity index (χ1n) is 6.17. The Morgan fingerprint density at radius 3 is 2.58 bits per heavy atom. The van der Waals surface area contributed by atoms with Gasteiger partial charge in [-0.25, -0.2) is 0 Å². The van der Waals surface area contributed by atoms with Gasteiger partial charge in [0.2, 0.25) is 0 Å². The fraction of sp³-hybridized carbons (Fsp3) is 0.462. The van der Waals surface area contributed by atoms with Gasteiger partial charge < -0.3 is 15.3 Å². The van der Waals surface area contributed by atoms with Gasteiger partial charge >= 0.3 is 5.97 Å². The monoisotopic (exact) mass is 266 g/mol. The van der Waals surface area contributed by atoms with Crippen LogP contribution in [0.4, 0.5) is 0 Å². The van der Waals surface area contributed by atoms with E-state index < -0.39 is 0 Å². The van der Waals surface area contributed by atoms with Crippen molar-refractivity contribution in [1.82, 2.24) is 5.32 Å². The largest absolute Gasteiger partial charge is 0.619 e. The molecule has 0 atom stereocenters. The summed E-state index contributed by atoms with van der Waals surface area (Å²) in [6, 6.07) is 2.94. The van der Waals surface area contributed by atoms with Gasteiger partial charge in [0.15, 0.2) is 12.4 Å². The van der Waals surface area contributed by atoms with Crippen LogP contribution in [0.15, 0.2) is 24.5 Å². The molecule has 1 rings (SSSR count). The van der Waals surface area contributed by atoms with Crippen LogP contribution in [0.25, 0.3) is 0 Å². The molecule has 6 nitrogen and oxygen atoms in total. The fourth-order valence-corrected chi connectivity index (χ4v) is 1.54. The molecule has 0 unspecified atom stereocenters. The van der Waals surface area contributed by atoms with E-state index in [1.807, 2.05) is 0 Å². The Kier molecular flexibility index (Phi) is 6.35. The highest BCUT2D eigenvalue weighted by Gasteiger charge is 2.05. The molecule has 104 valence electrons. The maximum Gasteiger partial charge on any atom is 0.305 e. The Morgan fingerprint density at radius 2 is 1.95 bits per heavy atom. The van der Waals surface area contributed by atoms with Gasteiger partial charge in [0.1, 0.15) is 0 Å². The number of carbonyl (C=O) groups excluding carboxylic acids is 2. The number of rotatable bonds is 7. The lowest BCUT2D eigenvalue weighted by atomic mass is 10.2. The zero-order valence-electron chi connectivity index (χ0n) is 10.9.